The summed E-state index contributed by atoms with van der Waals surface area (Å²) in [6.45, 7) is 2.23. The summed E-state index contributed by atoms with van der Waals surface area (Å²) in [5.74, 6) is 1.14. The molecular formula is C11H21. The summed E-state index contributed by atoms with van der Waals surface area (Å²) in [6.07, 6.45) is 14.0. The molecule has 0 spiro atoms. The smallest absolute Gasteiger partial charge is 0.0389 e. The van der Waals surface area contributed by atoms with E-state index in [1.54, 1.807) is 0 Å². The molecule has 0 aromatic carbocycles. The fraction of sp³-hybridized carbons (Fsp3) is 0.909. The van der Waals surface area contributed by atoms with Crippen molar-refractivity contribution in [2.75, 3.05) is 0 Å². The van der Waals surface area contributed by atoms with Crippen molar-refractivity contribution in [1.29, 1.82) is 0 Å². The molecule has 1 aliphatic rings. The van der Waals surface area contributed by atoms with Crippen LogP contribution in [0.1, 0.15) is 58.3 Å². The fourth-order valence-corrected chi connectivity index (χ4v) is 1.51. The van der Waals surface area contributed by atoms with Crippen molar-refractivity contribution in [2.45, 2.75) is 58.3 Å². The van der Waals surface area contributed by atoms with E-state index in [1.165, 1.54) is 51.4 Å². The van der Waals surface area contributed by atoms with Crippen molar-refractivity contribution in [2.24, 2.45) is 5.92 Å². The minimum Gasteiger partial charge on any atom is -0.0651 e. The normalized spacial score (nSPS) is 17.2. The minimum atomic E-state index is 1.14. The fourth-order valence-electron chi connectivity index (χ4n) is 1.51. The van der Waals surface area contributed by atoms with Gasteiger partial charge in [-0.05, 0) is 12.3 Å². The van der Waals surface area contributed by atoms with Gasteiger partial charge in [0, 0.05) is 0 Å². The minimum absolute atomic E-state index is 1.14. The Labute approximate surface area is 71.4 Å². The van der Waals surface area contributed by atoms with Gasteiger partial charge in [-0.1, -0.05) is 58.3 Å². The van der Waals surface area contributed by atoms with E-state index in [4.69, 9.17) is 0 Å². The summed E-state index contributed by atoms with van der Waals surface area (Å²) < 4.78 is 0. The second-order valence-electron chi connectivity index (χ2n) is 3.78. The lowest BCUT2D eigenvalue weighted by Crippen LogP contribution is -1.80. The third-order valence-electron chi connectivity index (χ3n) is 2.51. The molecule has 0 saturated heterocycles. The average molecular weight is 153 g/mol. The maximum absolute atomic E-state index is 2.40. The zero-order valence-electron chi connectivity index (χ0n) is 7.81. The first kappa shape index (κ1) is 9.09. The molecular weight excluding hydrogens is 132 g/mol. The molecule has 0 N–H and O–H groups in total. The van der Waals surface area contributed by atoms with Crippen LogP contribution in [0.25, 0.3) is 0 Å². The molecule has 1 radical (unpaired) electrons. The van der Waals surface area contributed by atoms with E-state index in [1.807, 2.05) is 0 Å². The predicted molar refractivity (Wildman–Crippen MR) is 50.4 cm³/mol. The molecule has 1 rings (SSSR count). The van der Waals surface area contributed by atoms with Gasteiger partial charge < -0.3 is 0 Å². The Bertz CT molecular complexity index is 82.0. The summed E-state index contributed by atoms with van der Waals surface area (Å²) in [6, 6.07) is 0. The van der Waals surface area contributed by atoms with Crippen LogP contribution in [0.4, 0.5) is 0 Å². The molecule has 65 valence electrons. The molecule has 0 aromatic heterocycles. The van der Waals surface area contributed by atoms with Crippen molar-refractivity contribution in [3.8, 4) is 0 Å². The van der Waals surface area contributed by atoms with Gasteiger partial charge >= 0.3 is 0 Å². The highest BCUT2D eigenvalue weighted by Gasteiger charge is 2.19. The van der Waals surface area contributed by atoms with E-state index in [0.717, 1.165) is 5.92 Å². The Kier molecular flexibility index (Phi) is 4.65. The predicted octanol–water partition coefficient (Wildman–Crippen LogP) is 3.96. The lowest BCUT2D eigenvalue weighted by molar-refractivity contribution is 0.597. The van der Waals surface area contributed by atoms with Crippen LogP contribution in [-0.2, 0) is 0 Å². The van der Waals surface area contributed by atoms with Crippen LogP contribution < -0.4 is 0 Å². The van der Waals surface area contributed by atoms with Crippen LogP contribution in [0.2, 0.25) is 0 Å². The topological polar surface area (TPSA) is 0 Å². The highest BCUT2D eigenvalue weighted by Crippen LogP contribution is 2.34. The third kappa shape index (κ3) is 5.29. The molecule has 11 heavy (non-hydrogen) atoms. The molecule has 1 fully saturated rings. The molecule has 0 aromatic rings. The van der Waals surface area contributed by atoms with Gasteiger partial charge in [0.05, 0.1) is 0 Å². The molecule has 0 bridgehead atoms. The zero-order chi connectivity index (χ0) is 7.94. The molecule has 0 amide bonds. The molecule has 1 saturated carbocycles. The lowest BCUT2D eigenvalue weighted by atomic mass is 10.1. The van der Waals surface area contributed by atoms with Gasteiger partial charge in [0.15, 0.2) is 0 Å². The summed E-state index contributed by atoms with van der Waals surface area (Å²) in [7, 11) is 0. The zero-order valence-corrected chi connectivity index (χ0v) is 7.81. The monoisotopic (exact) mass is 153 g/mol. The number of rotatable bonds is 7. The first-order chi connectivity index (χ1) is 5.43. The van der Waals surface area contributed by atoms with Crippen molar-refractivity contribution < 1.29 is 0 Å². The number of hydrogen-bond acceptors (Lipinski definition) is 0. The van der Waals surface area contributed by atoms with Gasteiger partial charge in [-0.2, -0.15) is 0 Å². The quantitative estimate of drug-likeness (QED) is 0.486. The van der Waals surface area contributed by atoms with E-state index < -0.39 is 0 Å². The van der Waals surface area contributed by atoms with Crippen LogP contribution in [0, 0.1) is 12.3 Å². The van der Waals surface area contributed by atoms with E-state index in [2.05, 4.69) is 13.3 Å². The SMILES string of the molecule is CC[CH]CCCCCC1CC1. The Balaban J connectivity index is 1.66. The lowest BCUT2D eigenvalue weighted by Gasteiger charge is -1.98. The highest BCUT2D eigenvalue weighted by atomic mass is 14.2. The maximum Gasteiger partial charge on any atom is -0.0389 e. The number of unbranched alkanes of at least 4 members (excludes halogenated alkanes) is 5. The summed E-state index contributed by atoms with van der Waals surface area (Å²) in [5, 5.41) is 0. The average Bonchev–Trinajstić information content (AvgIpc) is 2.80. The van der Waals surface area contributed by atoms with E-state index >= 15 is 0 Å². The third-order valence-corrected chi connectivity index (χ3v) is 2.51. The Morgan fingerprint density at radius 3 is 2.64 bits per heavy atom. The molecule has 0 heterocycles. The maximum atomic E-state index is 2.40. The van der Waals surface area contributed by atoms with Gasteiger partial charge in [0.25, 0.3) is 0 Å². The molecule has 0 aliphatic heterocycles. The summed E-state index contributed by atoms with van der Waals surface area (Å²) in [4.78, 5) is 0. The van der Waals surface area contributed by atoms with Gasteiger partial charge in [0.1, 0.15) is 0 Å². The van der Waals surface area contributed by atoms with Crippen molar-refractivity contribution in [1.82, 2.24) is 0 Å². The molecule has 0 unspecified atom stereocenters. The van der Waals surface area contributed by atoms with Crippen molar-refractivity contribution >= 4 is 0 Å². The standard InChI is InChI=1S/C11H21/c1-2-3-4-5-6-7-8-11-9-10-11/h3,11H,2,4-10H2,1H3. The Hall–Kier alpha value is 0. The van der Waals surface area contributed by atoms with Crippen LogP contribution in [0.3, 0.4) is 0 Å². The van der Waals surface area contributed by atoms with Crippen LogP contribution in [0.5, 0.6) is 0 Å². The first-order valence-electron chi connectivity index (χ1n) is 5.25. The van der Waals surface area contributed by atoms with Crippen LogP contribution in [-0.4, -0.2) is 0 Å². The second-order valence-corrected chi connectivity index (χ2v) is 3.78. The first-order valence-corrected chi connectivity index (χ1v) is 5.25. The van der Waals surface area contributed by atoms with E-state index in [-0.39, 0.29) is 0 Å². The van der Waals surface area contributed by atoms with E-state index in [9.17, 15) is 0 Å². The molecule has 0 heteroatoms. The molecule has 1 aliphatic carbocycles. The molecule has 0 nitrogen and oxygen atoms in total. The largest absolute Gasteiger partial charge is 0.0651 e. The van der Waals surface area contributed by atoms with Gasteiger partial charge in [-0.15, -0.1) is 0 Å². The molecule has 0 atom stereocenters. The summed E-state index contributed by atoms with van der Waals surface area (Å²) in [5.41, 5.74) is 0. The Morgan fingerprint density at radius 2 is 2.00 bits per heavy atom. The second kappa shape index (κ2) is 5.62. The van der Waals surface area contributed by atoms with Gasteiger partial charge in [-0.3, -0.25) is 0 Å². The van der Waals surface area contributed by atoms with Gasteiger partial charge in [-0.25, -0.2) is 0 Å². The summed E-state index contributed by atoms with van der Waals surface area (Å²) >= 11 is 0. The Morgan fingerprint density at radius 1 is 1.18 bits per heavy atom. The van der Waals surface area contributed by atoms with Crippen molar-refractivity contribution in [3.63, 3.8) is 0 Å². The number of hydrogen-bond donors (Lipinski definition) is 0. The van der Waals surface area contributed by atoms with Crippen molar-refractivity contribution in [3.05, 3.63) is 6.42 Å². The highest BCUT2D eigenvalue weighted by molar-refractivity contribution is 4.72. The van der Waals surface area contributed by atoms with E-state index in [0.29, 0.717) is 0 Å². The van der Waals surface area contributed by atoms with Crippen LogP contribution >= 0.6 is 0 Å². The van der Waals surface area contributed by atoms with Gasteiger partial charge in [0.2, 0.25) is 0 Å². The van der Waals surface area contributed by atoms with Crippen LogP contribution in [0.15, 0.2) is 0 Å².